The highest BCUT2D eigenvalue weighted by Gasteiger charge is 2.30. The maximum absolute atomic E-state index is 13.5. The number of nitrogens with one attached hydrogen (secondary N) is 4. The minimum Gasteiger partial charge on any atom is -0.393 e. The first-order chi connectivity index (χ1) is 19.2. The number of anilines is 1. The second-order valence-corrected chi connectivity index (χ2v) is 10.4. The van der Waals surface area contributed by atoms with Crippen LogP contribution in [0, 0.1) is 12.3 Å². The van der Waals surface area contributed by atoms with Crippen LogP contribution in [0.3, 0.4) is 0 Å². The van der Waals surface area contributed by atoms with Crippen molar-refractivity contribution >= 4 is 34.9 Å². The molecule has 4 heterocycles. The van der Waals surface area contributed by atoms with E-state index in [-0.39, 0.29) is 17.4 Å². The minimum atomic E-state index is -0.341. The maximum Gasteiger partial charge on any atom is 0.274 e. The number of hydrogen-bond donors (Lipinski definition) is 4. The van der Waals surface area contributed by atoms with Crippen LogP contribution in [0.1, 0.15) is 58.6 Å². The van der Waals surface area contributed by atoms with Gasteiger partial charge in [0, 0.05) is 62.6 Å². The Morgan fingerprint density at radius 1 is 1.23 bits per heavy atom. The zero-order valence-electron chi connectivity index (χ0n) is 23.8. The fourth-order valence-corrected chi connectivity index (χ4v) is 4.80. The predicted molar refractivity (Wildman–Crippen MR) is 156 cm³/mol. The molecule has 1 saturated heterocycles. The molecule has 0 saturated carbocycles. The molecule has 1 aliphatic rings. The molecule has 0 aliphatic carbocycles. The summed E-state index contributed by atoms with van der Waals surface area (Å²) < 4.78 is 7.31. The molecule has 4 N–H and O–H groups in total. The molecule has 3 aromatic rings. The summed E-state index contributed by atoms with van der Waals surface area (Å²) in [5.74, 6) is -0.588. The number of hydrogen-bond acceptors (Lipinski definition) is 8. The molecular formula is C29H38N8O3. The first kappa shape index (κ1) is 28.9. The summed E-state index contributed by atoms with van der Waals surface area (Å²) in [4.78, 5) is 37.8. The lowest BCUT2D eigenvalue weighted by Crippen LogP contribution is -2.54. The molecule has 40 heavy (non-hydrogen) atoms. The van der Waals surface area contributed by atoms with Gasteiger partial charge >= 0.3 is 0 Å². The van der Waals surface area contributed by atoms with Crippen LogP contribution >= 0.6 is 0 Å². The average Bonchev–Trinajstić information content (AvgIpc) is 3.31. The smallest absolute Gasteiger partial charge is 0.274 e. The highest BCUT2D eigenvalue weighted by molar-refractivity contribution is 6.09. The van der Waals surface area contributed by atoms with E-state index in [0.717, 1.165) is 12.1 Å². The molecule has 0 bridgehead atoms. The fraction of sp³-hybridized carbons (Fsp3) is 0.414. The van der Waals surface area contributed by atoms with Gasteiger partial charge in [-0.05, 0) is 51.0 Å². The Hall–Kier alpha value is -4.09. The first-order valence-corrected chi connectivity index (χ1v) is 13.5. The van der Waals surface area contributed by atoms with E-state index in [9.17, 15) is 9.59 Å². The third-order valence-corrected chi connectivity index (χ3v) is 7.12. The van der Waals surface area contributed by atoms with Gasteiger partial charge in [0.1, 0.15) is 11.3 Å². The largest absolute Gasteiger partial charge is 0.393 e. The van der Waals surface area contributed by atoms with E-state index >= 15 is 0 Å². The molecule has 212 valence electrons. The number of nitrogens with zero attached hydrogens (tertiary/aromatic N) is 4. The molecule has 0 aromatic carbocycles. The van der Waals surface area contributed by atoms with E-state index in [2.05, 4.69) is 44.7 Å². The maximum atomic E-state index is 13.5. The Labute approximate surface area is 234 Å². The van der Waals surface area contributed by atoms with Crippen molar-refractivity contribution in [3.05, 3.63) is 65.0 Å². The summed E-state index contributed by atoms with van der Waals surface area (Å²) in [6.07, 6.45) is 6.86. The number of ether oxygens (including phenoxy) is 1. The van der Waals surface area contributed by atoms with Gasteiger partial charge in [0.25, 0.3) is 11.8 Å². The van der Waals surface area contributed by atoms with Gasteiger partial charge in [-0.3, -0.25) is 23.9 Å². The van der Waals surface area contributed by atoms with Gasteiger partial charge in [0.05, 0.1) is 35.9 Å². The zero-order chi connectivity index (χ0) is 28.9. The van der Waals surface area contributed by atoms with Crippen molar-refractivity contribution < 1.29 is 14.3 Å². The highest BCUT2D eigenvalue weighted by atomic mass is 16.5. The monoisotopic (exact) mass is 546 g/mol. The Kier molecular flexibility index (Phi) is 8.96. The van der Waals surface area contributed by atoms with E-state index in [1.54, 1.807) is 36.8 Å². The predicted octanol–water partition coefficient (Wildman–Crippen LogP) is 2.90. The van der Waals surface area contributed by atoms with Crippen LogP contribution in [0.25, 0.3) is 11.2 Å². The number of aromatic nitrogens is 3. The summed E-state index contributed by atoms with van der Waals surface area (Å²) in [6, 6.07) is 5.34. The second-order valence-electron chi connectivity index (χ2n) is 10.4. The molecular weight excluding hydrogens is 508 g/mol. The molecule has 0 radical (unpaired) electrons. The number of allylic oxidation sites excluding steroid dienone is 1. The van der Waals surface area contributed by atoms with E-state index in [1.165, 1.54) is 12.4 Å². The summed E-state index contributed by atoms with van der Waals surface area (Å²) in [5.41, 5.74) is 4.54. The van der Waals surface area contributed by atoms with Crippen LogP contribution in [-0.4, -0.2) is 82.7 Å². The molecule has 3 aromatic heterocycles. The van der Waals surface area contributed by atoms with Gasteiger partial charge < -0.3 is 26.1 Å². The number of morpholine rings is 1. The molecule has 1 fully saturated rings. The van der Waals surface area contributed by atoms with Crippen LogP contribution in [0.5, 0.6) is 0 Å². The van der Waals surface area contributed by atoms with Crippen LogP contribution < -0.4 is 16.0 Å². The molecule has 0 unspecified atom stereocenters. The first-order valence-electron chi connectivity index (χ1n) is 13.5. The SMILES string of the molecule is CCc1nc2cc(/C(C=N)=C/NC)ccn2c1C(=O)Nc1cc(C(=O)NCCN2CCOCC2(C)C)cnc1C. The average molecular weight is 547 g/mol. The molecule has 1 aliphatic heterocycles. The van der Waals surface area contributed by atoms with Crippen LogP contribution in [0.15, 0.2) is 36.8 Å². The van der Waals surface area contributed by atoms with Crippen LogP contribution in [-0.2, 0) is 11.2 Å². The quantitative estimate of drug-likeness (QED) is 0.287. The number of fused-ring (bicyclic) bond motifs is 1. The van der Waals surface area contributed by atoms with Crippen molar-refractivity contribution in [2.75, 3.05) is 45.2 Å². The van der Waals surface area contributed by atoms with E-state index in [4.69, 9.17) is 10.1 Å². The lowest BCUT2D eigenvalue weighted by Gasteiger charge is -2.42. The van der Waals surface area contributed by atoms with Crippen molar-refractivity contribution in [2.24, 2.45) is 0 Å². The van der Waals surface area contributed by atoms with Gasteiger partial charge in [0.15, 0.2) is 0 Å². The standard InChI is InChI=1S/C29H38N8O3/c1-6-23-26(37-9-7-20(14-25(37)34-23)22(15-30)16-31-5)28(39)35-24-13-21(17-33-19(24)2)27(38)32-8-10-36-11-12-40-18-29(36,3)4/h7,9,13-17,30-31H,6,8,10-12,18H2,1-5H3,(H,32,38)(H,35,39)/b22-16+,30-15?. The molecule has 11 nitrogen and oxygen atoms in total. The third kappa shape index (κ3) is 6.21. The van der Waals surface area contributed by atoms with Crippen LogP contribution in [0.2, 0.25) is 0 Å². The van der Waals surface area contributed by atoms with E-state index in [0.29, 0.717) is 72.3 Å². The van der Waals surface area contributed by atoms with Crippen molar-refractivity contribution in [3.8, 4) is 0 Å². The lowest BCUT2D eigenvalue weighted by molar-refractivity contribution is -0.0498. The van der Waals surface area contributed by atoms with Crippen molar-refractivity contribution in [3.63, 3.8) is 0 Å². The third-order valence-electron chi connectivity index (χ3n) is 7.12. The molecule has 0 atom stereocenters. The van der Waals surface area contributed by atoms with E-state index < -0.39 is 0 Å². The topological polar surface area (TPSA) is 137 Å². The zero-order valence-corrected chi connectivity index (χ0v) is 23.8. The van der Waals surface area contributed by atoms with Gasteiger partial charge in [-0.2, -0.15) is 0 Å². The van der Waals surface area contributed by atoms with Gasteiger partial charge in [0.2, 0.25) is 0 Å². The number of aryl methyl sites for hydroxylation is 2. The highest BCUT2D eigenvalue weighted by Crippen LogP contribution is 2.22. The lowest BCUT2D eigenvalue weighted by atomic mass is 10.0. The fourth-order valence-electron chi connectivity index (χ4n) is 4.80. The Balaban J connectivity index is 1.50. The minimum absolute atomic E-state index is 0.0750. The van der Waals surface area contributed by atoms with Gasteiger partial charge in [-0.15, -0.1) is 0 Å². The van der Waals surface area contributed by atoms with Gasteiger partial charge in [-0.1, -0.05) is 6.92 Å². The van der Waals surface area contributed by atoms with E-state index in [1.807, 2.05) is 19.1 Å². The molecule has 4 rings (SSSR count). The number of carbonyl (C=O) groups is 2. The van der Waals surface area contributed by atoms with Gasteiger partial charge in [-0.25, -0.2) is 4.98 Å². The molecule has 2 amide bonds. The summed E-state index contributed by atoms with van der Waals surface area (Å²) in [5, 5.41) is 16.5. The number of amides is 2. The molecule has 0 spiro atoms. The summed E-state index contributed by atoms with van der Waals surface area (Å²) in [6.45, 7) is 11.4. The number of pyridine rings is 2. The second kappa shape index (κ2) is 12.4. The molecule has 11 heteroatoms. The van der Waals surface area contributed by atoms with Crippen molar-refractivity contribution in [1.29, 1.82) is 5.41 Å². The van der Waals surface area contributed by atoms with Crippen LogP contribution in [0.4, 0.5) is 5.69 Å². The van der Waals surface area contributed by atoms with Crippen molar-refractivity contribution in [1.82, 2.24) is 29.9 Å². The summed E-state index contributed by atoms with van der Waals surface area (Å²) >= 11 is 0. The number of rotatable bonds is 10. The Morgan fingerprint density at radius 3 is 2.73 bits per heavy atom. The van der Waals surface area contributed by atoms with Crippen molar-refractivity contribution in [2.45, 2.75) is 39.7 Å². The summed E-state index contributed by atoms with van der Waals surface area (Å²) in [7, 11) is 1.77. The Bertz CT molecular complexity index is 1440. The Morgan fingerprint density at radius 2 is 2.02 bits per heavy atom. The number of carbonyl (C=O) groups excluding carboxylic acids is 2. The number of imidazole rings is 1. The normalized spacial score (nSPS) is 15.6.